The van der Waals surface area contributed by atoms with Crippen molar-refractivity contribution in [3.05, 3.63) is 24.0 Å². The van der Waals surface area contributed by atoms with Crippen LogP contribution in [0.2, 0.25) is 0 Å². The number of H-pyrrole nitrogens is 1. The molecule has 0 radical (unpaired) electrons. The maximum atomic E-state index is 11.4. The molecular weight excluding hydrogens is 248 g/mol. The van der Waals surface area contributed by atoms with Crippen LogP contribution in [-0.4, -0.2) is 42.4 Å². The van der Waals surface area contributed by atoms with Crippen LogP contribution in [-0.2, 0) is 0 Å². The van der Waals surface area contributed by atoms with Crippen molar-refractivity contribution >= 4 is 5.91 Å². The summed E-state index contributed by atoms with van der Waals surface area (Å²) in [5.41, 5.74) is 0.676. The van der Waals surface area contributed by atoms with Crippen LogP contribution in [0.5, 0.6) is 11.5 Å². The van der Waals surface area contributed by atoms with Gasteiger partial charge in [-0.25, -0.2) is 4.98 Å². The number of nitrogens with zero attached hydrogens (tertiary/aromatic N) is 2. The third-order valence-corrected chi connectivity index (χ3v) is 2.58. The number of ether oxygens (including phenoxy) is 2. The number of nitrogens with one attached hydrogen (secondary N) is 2. The molecule has 0 saturated heterocycles. The lowest BCUT2D eigenvalue weighted by molar-refractivity contribution is 0.0953. The summed E-state index contributed by atoms with van der Waals surface area (Å²) in [6.07, 6.45) is 0. The van der Waals surface area contributed by atoms with Crippen LogP contribution in [0, 0.1) is 0 Å². The Morgan fingerprint density at radius 2 is 2.11 bits per heavy atom. The topological polar surface area (TPSA) is 89.1 Å². The first kappa shape index (κ1) is 12.9. The number of amides is 1. The summed E-state index contributed by atoms with van der Waals surface area (Å²) in [6.45, 7) is 0. The summed E-state index contributed by atoms with van der Waals surface area (Å²) >= 11 is 0. The fourth-order valence-corrected chi connectivity index (χ4v) is 1.59. The van der Waals surface area contributed by atoms with E-state index in [1.807, 2.05) is 0 Å². The van der Waals surface area contributed by atoms with Gasteiger partial charge in [0.25, 0.3) is 5.91 Å². The van der Waals surface area contributed by atoms with Crippen LogP contribution in [0.15, 0.2) is 18.2 Å². The zero-order chi connectivity index (χ0) is 13.8. The van der Waals surface area contributed by atoms with Crippen molar-refractivity contribution in [2.24, 2.45) is 0 Å². The molecule has 19 heavy (non-hydrogen) atoms. The largest absolute Gasteiger partial charge is 0.497 e. The average Bonchev–Trinajstić information content (AvgIpc) is 2.95. The van der Waals surface area contributed by atoms with Crippen molar-refractivity contribution in [3.8, 4) is 22.9 Å². The van der Waals surface area contributed by atoms with Crippen LogP contribution < -0.4 is 14.8 Å². The Bertz CT molecular complexity index is 594. The van der Waals surface area contributed by atoms with E-state index in [0.29, 0.717) is 22.9 Å². The number of benzene rings is 1. The fraction of sp³-hybridized carbons (Fsp3) is 0.250. The second-order valence-electron chi connectivity index (χ2n) is 3.65. The van der Waals surface area contributed by atoms with Gasteiger partial charge >= 0.3 is 0 Å². The standard InChI is InChI=1S/C12H14N4O3/c1-13-12(17)11-14-10(15-16-11)8-5-4-7(18-2)6-9(8)19-3/h4-6H,1-3H3,(H,13,17)(H,14,15,16). The molecule has 2 aromatic rings. The molecule has 0 bridgehead atoms. The molecule has 1 amide bonds. The van der Waals surface area contributed by atoms with Gasteiger partial charge in [-0.05, 0) is 12.1 Å². The van der Waals surface area contributed by atoms with E-state index in [9.17, 15) is 4.79 Å². The summed E-state index contributed by atoms with van der Waals surface area (Å²) in [4.78, 5) is 15.5. The Kier molecular flexibility index (Phi) is 3.65. The zero-order valence-corrected chi connectivity index (χ0v) is 10.9. The predicted molar refractivity (Wildman–Crippen MR) is 68.3 cm³/mol. The first-order valence-electron chi connectivity index (χ1n) is 5.56. The number of hydrogen-bond donors (Lipinski definition) is 2. The van der Waals surface area contributed by atoms with E-state index >= 15 is 0 Å². The van der Waals surface area contributed by atoms with E-state index in [-0.39, 0.29) is 11.7 Å². The van der Waals surface area contributed by atoms with Gasteiger partial charge in [-0.3, -0.25) is 9.89 Å². The molecule has 0 aliphatic carbocycles. The maximum absolute atomic E-state index is 11.4. The molecule has 7 nitrogen and oxygen atoms in total. The molecule has 2 rings (SSSR count). The van der Waals surface area contributed by atoms with Gasteiger partial charge in [0.15, 0.2) is 5.82 Å². The van der Waals surface area contributed by atoms with E-state index in [1.165, 1.54) is 7.05 Å². The number of carbonyl (C=O) groups excluding carboxylic acids is 1. The lowest BCUT2D eigenvalue weighted by Gasteiger charge is -2.07. The Morgan fingerprint density at radius 1 is 1.32 bits per heavy atom. The minimum Gasteiger partial charge on any atom is -0.497 e. The second-order valence-corrected chi connectivity index (χ2v) is 3.65. The third-order valence-electron chi connectivity index (χ3n) is 2.58. The highest BCUT2D eigenvalue weighted by atomic mass is 16.5. The van der Waals surface area contributed by atoms with Crippen LogP contribution in [0.25, 0.3) is 11.4 Å². The molecule has 1 aromatic carbocycles. The minimum absolute atomic E-state index is 0.148. The van der Waals surface area contributed by atoms with Crippen LogP contribution in [0.4, 0.5) is 0 Å². The first-order chi connectivity index (χ1) is 9.19. The van der Waals surface area contributed by atoms with Gasteiger partial charge in [-0.15, -0.1) is 0 Å². The number of rotatable bonds is 4. The van der Waals surface area contributed by atoms with Crippen molar-refractivity contribution in [3.63, 3.8) is 0 Å². The second kappa shape index (κ2) is 5.38. The van der Waals surface area contributed by atoms with Gasteiger partial charge < -0.3 is 14.8 Å². The molecule has 2 N–H and O–H groups in total. The normalized spacial score (nSPS) is 10.1. The highest BCUT2D eigenvalue weighted by Gasteiger charge is 2.15. The third kappa shape index (κ3) is 2.49. The van der Waals surface area contributed by atoms with Crippen LogP contribution in [0.3, 0.4) is 0 Å². The Hall–Kier alpha value is -2.57. The zero-order valence-electron chi connectivity index (χ0n) is 10.9. The van der Waals surface area contributed by atoms with Crippen LogP contribution >= 0.6 is 0 Å². The molecule has 0 spiro atoms. The number of methoxy groups -OCH3 is 2. The minimum atomic E-state index is -0.328. The molecule has 0 atom stereocenters. The van der Waals surface area contributed by atoms with Gasteiger partial charge in [-0.2, -0.15) is 5.10 Å². The Labute approximate surface area is 110 Å². The van der Waals surface area contributed by atoms with E-state index in [2.05, 4.69) is 20.5 Å². The van der Waals surface area contributed by atoms with E-state index in [1.54, 1.807) is 32.4 Å². The molecular formula is C12H14N4O3. The molecule has 0 fully saturated rings. The van der Waals surface area contributed by atoms with Crippen LogP contribution in [0.1, 0.15) is 10.6 Å². The van der Waals surface area contributed by atoms with Crippen molar-refractivity contribution in [1.29, 1.82) is 0 Å². The van der Waals surface area contributed by atoms with Crippen molar-refractivity contribution < 1.29 is 14.3 Å². The van der Waals surface area contributed by atoms with Gasteiger partial charge in [0.05, 0.1) is 19.8 Å². The number of carbonyl (C=O) groups is 1. The fourth-order valence-electron chi connectivity index (χ4n) is 1.59. The Balaban J connectivity index is 2.41. The highest BCUT2D eigenvalue weighted by molar-refractivity contribution is 5.90. The molecule has 0 aliphatic heterocycles. The highest BCUT2D eigenvalue weighted by Crippen LogP contribution is 2.31. The number of aromatic nitrogens is 3. The first-order valence-corrected chi connectivity index (χ1v) is 5.56. The van der Waals surface area contributed by atoms with Gasteiger partial charge in [0.1, 0.15) is 11.5 Å². The van der Waals surface area contributed by atoms with Crippen molar-refractivity contribution in [2.75, 3.05) is 21.3 Å². The molecule has 0 saturated carbocycles. The van der Waals surface area contributed by atoms with Crippen molar-refractivity contribution in [1.82, 2.24) is 20.5 Å². The van der Waals surface area contributed by atoms with E-state index < -0.39 is 0 Å². The summed E-state index contributed by atoms with van der Waals surface area (Å²) in [5, 5.41) is 9.05. The number of aromatic amines is 1. The summed E-state index contributed by atoms with van der Waals surface area (Å²) < 4.78 is 10.4. The summed E-state index contributed by atoms with van der Waals surface area (Å²) in [7, 11) is 4.65. The lowest BCUT2D eigenvalue weighted by atomic mass is 10.2. The van der Waals surface area contributed by atoms with Gasteiger partial charge in [0, 0.05) is 13.1 Å². The SMILES string of the molecule is CNC(=O)c1nc(-c2ccc(OC)cc2OC)n[nH]1. The van der Waals surface area contributed by atoms with E-state index in [4.69, 9.17) is 9.47 Å². The summed E-state index contributed by atoms with van der Waals surface area (Å²) in [5.74, 6) is 1.45. The monoisotopic (exact) mass is 262 g/mol. The summed E-state index contributed by atoms with van der Waals surface area (Å²) in [6, 6.07) is 5.27. The molecule has 1 aromatic heterocycles. The predicted octanol–water partition coefficient (Wildman–Crippen LogP) is 0.848. The average molecular weight is 262 g/mol. The number of hydrogen-bond acceptors (Lipinski definition) is 5. The maximum Gasteiger partial charge on any atom is 0.288 e. The Morgan fingerprint density at radius 3 is 2.74 bits per heavy atom. The molecule has 0 aliphatic rings. The van der Waals surface area contributed by atoms with Crippen molar-refractivity contribution in [2.45, 2.75) is 0 Å². The smallest absolute Gasteiger partial charge is 0.288 e. The molecule has 0 unspecified atom stereocenters. The van der Waals surface area contributed by atoms with E-state index in [0.717, 1.165) is 0 Å². The quantitative estimate of drug-likeness (QED) is 0.852. The van der Waals surface area contributed by atoms with Gasteiger partial charge in [-0.1, -0.05) is 0 Å². The molecule has 1 heterocycles. The van der Waals surface area contributed by atoms with Gasteiger partial charge in [0.2, 0.25) is 5.82 Å². The molecule has 7 heteroatoms. The molecule has 100 valence electrons. The lowest BCUT2D eigenvalue weighted by Crippen LogP contribution is -2.19.